The Balaban J connectivity index is 2.61. The zero-order valence-electron chi connectivity index (χ0n) is 10.3. The van der Waals surface area contributed by atoms with Crippen molar-refractivity contribution in [1.29, 1.82) is 0 Å². The molecule has 0 aliphatic heterocycles. The van der Waals surface area contributed by atoms with Crippen molar-refractivity contribution in [3.8, 4) is 17.4 Å². The quantitative estimate of drug-likeness (QED) is 0.801. The predicted octanol–water partition coefficient (Wildman–Crippen LogP) is 2.43. The van der Waals surface area contributed by atoms with Crippen LogP contribution in [0.25, 0.3) is 5.69 Å². The molecule has 2 rings (SSSR count). The first kappa shape index (κ1) is 11.8. The van der Waals surface area contributed by atoms with Crippen LogP contribution >= 0.6 is 0 Å². The zero-order chi connectivity index (χ0) is 12.6. The van der Waals surface area contributed by atoms with E-state index < -0.39 is 8.07 Å². The van der Waals surface area contributed by atoms with Gasteiger partial charge in [0.15, 0.2) is 11.8 Å². The second-order valence-corrected chi connectivity index (χ2v) is 10.2. The lowest BCUT2D eigenvalue weighted by Gasteiger charge is -2.15. The monoisotopic (exact) mass is 247 g/mol. The minimum Gasteiger partial charge on any atom is -0.494 e. The van der Waals surface area contributed by atoms with E-state index in [0.717, 1.165) is 10.9 Å². The summed E-state index contributed by atoms with van der Waals surface area (Å²) in [6, 6.07) is 11.0. The van der Waals surface area contributed by atoms with Crippen LogP contribution in [0.1, 0.15) is 0 Å². The van der Waals surface area contributed by atoms with E-state index >= 15 is 0 Å². The predicted molar refractivity (Wildman–Crippen MR) is 72.1 cm³/mol. The van der Waals surface area contributed by atoms with Crippen LogP contribution in [-0.2, 0) is 0 Å². The Hall–Kier alpha value is -1.68. The summed E-state index contributed by atoms with van der Waals surface area (Å²) in [5.41, 5.74) is 0.770. The van der Waals surface area contributed by atoms with E-state index in [1.807, 2.05) is 30.3 Å². The number of hydrogen-bond donors (Lipinski definition) is 2. The third-order valence-corrected chi connectivity index (χ3v) is 4.76. The molecule has 0 amide bonds. The molecule has 0 atom stereocenters. The molecule has 90 valence electrons. The maximum atomic E-state index is 10.2. The van der Waals surface area contributed by atoms with Crippen LogP contribution in [0.3, 0.4) is 0 Å². The lowest BCUT2D eigenvalue weighted by Crippen LogP contribution is -2.36. The Bertz CT molecular complexity index is 526. The van der Waals surface area contributed by atoms with E-state index in [1.54, 1.807) is 6.07 Å². The fraction of sp³-hybridized carbons (Fsp3) is 0.231. The van der Waals surface area contributed by atoms with Gasteiger partial charge in [-0.1, -0.05) is 37.8 Å². The summed E-state index contributed by atoms with van der Waals surface area (Å²) in [7, 11) is -1.65. The molecule has 0 spiro atoms. The highest BCUT2D eigenvalue weighted by Crippen LogP contribution is 2.27. The van der Waals surface area contributed by atoms with Crippen LogP contribution in [-0.4, -0.2) is 22.9 Å². The van der Waals surface area contributed by atoms with Gasteiger partial charge < -0.3 is 10.2 Å². The van der Waals surface area contributed by atoms with Crippen molar-refractivity contribution in [1.82, 2.24) is 4.57 Å². The van der Waals surface area contributed by atoms with E-state index in [4.69, 9.17) is 0 Å². The van der Waals surface area contributed by atoms with Gasteiger partial charge in [0.2, 0.25) is 0 Å². The van der Waals surface area contributed by atoms with Crippen molar-refractivity contribution < 1.29 is 10.2 Å². The Morgan fingerprint density at radius 1 is 1.00 bits per heavy atom. The molecule has 0 saturated carbocycles. The zero-order valence-corrected chi connectivity index (χ0v) is 11.3. The van der Waals surface area contributed by atoms with Gasteiger partial charge in [-0.15, -0.1) is 0 Å². The number of rotatable bonds is 2. The molecular weight excluding hydrogens is 230 g/mol. The van der Waals surface area contributed by atoms with Gasteiger partial charge in [0.1, 0.15) is 0 Å². The molecule has 17 heavy (non-hydrogen) atoms. The molecule has 0 saturated heterocycles. The molecule has 4 heteroatoms. The van der Waals surface area contributed by atoms with Gasteiger partial charge in [0.25, 0.3) is 0 Å². The number of benzene rings is 1. The van der Waals surface area contributed by atoms with E-state index in [9.17, 15) is 10.2 Å². The molecule has 0 fully saturated rings. The first-order valence-corrected chi connectivity index (χ1v) is 9.11. The first-order chi connectivity index (χ1) is 7.91. The topological polar surface area (TPSA) is 45.4 Å². The van der Waals surface area contributed by atoms with Gasteiger partial charge in [-0.3, -0.25) is 4.57 Å². The average molecular weight is 247 g/mol. The van der Waals surface area contributed by atoms with E-state index in [1.165, 1.54) is 4.57 Å². The van der Waals surface area contributed by atoms with Crippen LogP contribution in [0.4, 0.5) is 0 Å². The highest BCUT2D eigenvalue weighted by Gasteiger charge is 2.26. The highest BCUT2D eigenvalue weighted by molar-refractivity contribution is 6.89. The number of aromatic nitrogens is 1. The largest absolute Gasteiger partial charge is 0.494 e. The Morgan fingerprint density at radius 2 is 1.59 bits per heavy atom. The van der Waals surface area contributed by atoms with Gasteiger partial charge in [-0.05, 0) is 12.1 Å². The second-order valence-electron chi connectivity index (χ2n) is 5.16. The van der Waals surface area contributed by atoms with E-state index in [-0.39, 0.29) is 11.8 Å². The fourth-order valence-corrected chi connectivity index (χ4v) is 3.22. The molecule has 2 aromatic rings. The van der Waals surface area contributed by atoms with Crippen molar-refractivity contribution in [3.05, 3.63) is 36.4 Å². The molecule has 0 aliphatic rings. The molecule has 2 N–H and O–H groups in total. The summed E-state index contributed by atoms with van der Waals surface area (Å²) >= 11 is 0. The van der Waals surface area contributed by atoms with Crippen molar-refractivity contribution in [2.24, 2.45) is 0 Å². The molecule has 1 heterocycles. The van der Waals surface area contributed by atoms with Gasteiger partial charge in [0, 0.05) is 11.3 Å². The SMILES string of the molecule is C[Si](C)(C)c1cc(O)n(-c2ccccc2)c1O. The Labute approximate surface area is 102 Å². The smallest absolute Gasteiger partial charge is 0.198 e. The molecule has 1 aromatic carbocycles. The molecular formula is C13H17NO2Si. The minimum absolute atomic E-state index is 0.0890. The van der Waals surface area contributed by atoms with E-state index in [2.05, 4.69) is 19.6 Å². The first-order valence-electron chi connectivity index (χ1n) is 5.61. The molecule has 0 aliphatic carbocycles. The van der Waals surface area contributed by atoms with Crippen LogP contribution < -0.4 is 5.19 Å². The maximum Gasteiger partial charge on any atom is 0.198 e. The Morgan fingerprint density at radius 3 is 2.06 bits per heavy atom. The van der Waals surface area contributed by atoms with E-state index in [0.29, 0.717) is 0 Å². The maximum absolute atomic E-state index is 10.2. The number of hydrogen-bond acceptors (Lipinski definition) is 2. The van der Waals surface area contributed by atoms with Crippen LogP contribution in [0, 0.1) is 0 Å². The minimum atomic E-state index is -1.65. The number of para-hydroxylation sites is 1. The molecule has 1 aromatic heterocycles. The highest BCUT2D eigenvalue weighted by atomic mass is 28.3. The average Bonchev–Trinajstić information content (AvgIpc) is 2.55. The normalized spacial score (nSPS) is 11.7. The van der Waals surface area contributed by atoms with Crippen molar-refractivity contribution in [2.75, 3.05) is 0 Å². The lowest BCUT2D eigenvalue weighted by atomic mass is 10.3. The molecule has 0 unspecified atom stereocenters. The van der Waals surface area contributed by atoms with Crippen molar-refractivity contribution in [3.63, 3.8) is 0 Å². The second kappa shape index (κ2) is 3.96. The summed E-state index contributed by atoms with van der Waals surface area (Å²) in [5.74, 6) is 0.249. The van der Waals surface area contributed by atoms with Gasteiger partial charge in [0.05, 0.1) is 13.8 Å². The van der Waals surface area contributed by atoms with Gasteiger partial charge >= 0.3 is 0 Å². The van der Waals surface area contributed by atoms with Crippen molar-refractivity contribution in [2.45, 2.75) is 19.6 Å². The van der Waals surface area contributed by atoms with Gasteiger partial charge in [-0.25, -0.2) is 0 Å². The summed E-state index contributed by atoms with van der Waals surface area (Å²) in [6.07, 6.45) is 0. The number of nitrogens with zero attached hydrogens (tertiary/aromatic N) is 1. The third kappa shape index (κ3) is 2.08. The van der Waals surface area contributed by atoms with Crippen LogP contribution in [0.15, 0.2) is 36.4 Å². The van der Waals surface area contributed by atoms with Crippen LogP contribution in [0.5, 0.6) is 11.8 Å². The molecule has 3 nitrogen and oxygen atoms in total. The summed E-state index contributed by atoms with van der Waals surface area (Å²) < 4.78 is 1.48. The number of aromatic hydroxyl groups is 2. The fourth-order valence-electron chi connectivity index (χ4n) is 1.87. The molecule has 0 radical (unpaired) electrons. The molecule has 0 bridgehead atoms. The van der Waals surface area contributed by atoms with Crippen LogP contribution in [0.2, 0.25) is 19.6 Å². The van der Waals surface area contributed by atoms with Gasteiger partial charge in [-0.2, -0.15) is 0 Å². The lowest BCUT2D eigenvalue weighted by molar-refractivity contribution is 0.404. The standard InChI is InChI=1S/C13H17NO2Si/c1-17(2,3)11-9-12(15)14(13(11)16)10-7-5-4-6-8-10/h4-9,15-16H,1-3H3. The van der Waals surface area contributed by atoms with Crippen molar-refractivity contribution >= 4 is 13.3 Å². The third-order valence-electron chi connectivity index (χ3n) is 2.78. The summed E-state index contributed by atoms with van der Waals surface area (Å²) in [5, 5.41) is 21.1. The summed E-state index contributed by atoms with van der Waals surface area (Å²) in [4.78, 5) is 0. The summed E-state index contributed by atoms with van der Waals surface area (Å²) in [6.45, 7) is 6.41. The Kier molecular flexibility index (Phi) is 2.75.